The molecule has 172 valence electrons. The monoisotopic (exact) mass is 457 g/mol. The quantitative estimate of drug-likeness (QED) is 0.406. The molecule has 34 heavy (non-hydrogen) atoms. The summed E-state index contributed by atoms with van der Waals surface area (Å²) in [6.07, 6.45) is 0.577. The normalized spacial score (nSPS) is 15.1. The van der Waals surface area contributed by atoms with Gasteiger partial charge in [0.15, 0.2) is 5.43 Å². The van der Waals surface area contributed by atoms with E-state index < -0.39 is 6.04 Å². The molecule has 1 aliphatic heterocycles. The fourth-order valence-corrected chi connectivity index (χ4v) is 4.74. The van der Waals surface area contributed by atoms with Gasteiger partial charge < -0.3 is 14.1 Å². The molecule has 1 aliphatic rings. The van der Waals surface area contributed by atoms with Crippen LogP contribution in [0.3, 0.4) is 0 Å². The molecule has 0 spiro atoms. The Labute approximate surface area is 196 Å². The zero-order valence-electron chi connectivity index (χ0n) is 19.2. The number of ether oxygens (including phenoxy) is 1. The van der Waals surface area contributed by atoms with Crippen molar-refractivity contribution in [3.63, 3.8) is 0 Å². The lowest BCUT2D eigenvalue weighted by Gasteiger charge is -2.25. The molecule has 5 nitrogen and oxygen atoms in total. The first-order valence-corrected chi connectivity index (χ1v) is 11.1. The first-order chi connectivity index (χ1) is 16.4. The molecule has 0 N–H and O–H groups in total. The van der Waals surface area contributed by atoms with Gasteiger partial charge in [-0.2, -0.15) is 0 Å². The molecular formula is C28H24FNO4. The Balaban J connectivity index is 1.62. The van der Waals surface area contributed by atoms with Crippen LogP contribution in [-0.4, -0.2) is 24.5 Å². The van der Waals surface area contributed by atoms with Gasteiger partial charge in [0, 0.05) is 6.54 Å². The Morgan fingerprint density at radius 1 is 1.00 bits per heavy atom. The molecular weight excluding hydrogens is 433 g/mol. The molecule has 1 aromatic heterocycles. The van der Waals surface area contributed by atoms with E-state index in [0.29, 0.717) is 35.1 Å². The molecule has 0 saturated carbocycles. The molecule has 4 aromatic rings. The van der Waals surface area contributed by atoms with E-state index in [1.165, 1.54) is 12.1 Å². The van der Waals surface area contributed by atoms with E-state index in [-0.39, 0.29) is 22.9 Å². The second-order valence-electron chi connectivity index (χ2n) is 8.68. The van der Waals surface area contributed by atoms with Crippen molar-refractivity contribution >= 4 is 16.9 Å². The number of methoxy groups -OCH3 is 1. The van der Waals surface area contributed by atoms with Crippen LogP contribution in [0, 0.1) is 19.7 Å². The average Bonchev–Trinajstić information content (AvgIpc) is 3.11. The van der Waals surface area contributed by atoms with Crippen LogP contribution < -0.4 is 10.2 Å². The summed E-state index contributed by atoms with van der Waals surface area (Å²) in [6.45, 7) is 4.15. The largest absolute Gasteiger partial charge is 0.497 e. The van der Waals surface area contributed by atoms with Crippen molar-refractivity contribution in [2.45, 2.75) is 26.3 Å². The van der Waals surface area contributed by atoms with Gasteiger partial charge in [-0.3, -0.25) is 9.59 Å². The highest BCUT2D eigenvalue weighted by Crippen LogP contribution is 2.38. The fraction of sp³-hybridized carbons (Fsp3) is 0.214. The Bertz CT molecular complexity index is 1460. The van der Waals surface area contributed by atoms with Crippen LogP contribution in [0.4, 0.5) is 4.39 Å². The van der Waals surface area contributed by atoms with Gasteiger partial charge in [0.05, 0.1) is 24.1 Å². The van der Waals surface area contributed by atoms with Crippen molar-refractivity contribution in [1.82, 2.24) is 4.90 Å². The van der Waals surface area contributed by atoms with Crippen molar-refractivity contribution in [3.8, 4) is 5.75 Å². The lowest BCUT2D eigenvalue weighted by atomic mass is 9.97. The third kappa shape index (κ3) is 3.65. The van der Waals surface area contributed by atoms with Crippen molar-refractivity contribution in [2.75, 3.05) is 13.7 Å². The maximum atomic E-state index is 13.7. The van der Waals surface area contributed by atoms with Crippen LogP contribution in [0.1, 0.15) is 44.4 Å². The van der Waals surface area contributed by atoms with E-state index in [4.69, 9.17) is 9.15 Å². The SMILES string of the molecule is COc1ccc(CCN2C(=O)c3oc4c(C)cc(C)cc4c(=O)c3C2c2ccc(F)cc2)cc1. The number of benzene rings is 3. The first kappa shape index (κ1) is 21.9. The van der Waals surface area contributed by atoms with Gasteiger partial charge in [0.2, 0.25) is 5.76 Å². The van der Waals surface area contributed by atoms with Crippen LogP contribution in [0.5, 0.6) is 5.75 Å². The van der Waals surface area contributed by atoms with Gasteiger partial charge in [-0.15, -0.1) is 0 Å². The number of aryl methyl sites for hydroxylation is 2. The highest BCUT2D eigenvalue weighted by molar-refractivity contribution is 5.99. The van der Waals surface area contributed by atoms with E-state index in [0.717, 1.165) is 22.4 Å². The molecule has 1 unspecified atom stereocenters. The maximum Gasteiger partial charge on any atom is 0.290 e. The van der Waals surface area contributed by atoms with Crippen molar-refractivity contribution in [2.24, 2.45) is 0 Å². The number of rotatable bonds is 5. The molecule has 0 bridgehead atoms. The summed E-state index contributed by atoms with van der Waals surface area (Å²) in [5.74, 6) is 0.102. The highest BCUT2D eigenvalue weighted by atomic mass is 19.1. The summed E-state index contributed by atoms with van der Waals surface area (Å²) in [6, 6.07) is 16.6. The number of nitrogens with zero attached hydrogens (tertiary/aromatic N) is 1. The van der Waals surface area contributed by atoms with Crippen molar-refractivity contribution in [3.05, 3.63) is 110 Å². The summed E-state index contributed by atoms with van der Waals surface area (Å²) in [5, 5.41) is 0.452. The number of carbonyl (C=O) groups excluding carboxylic acids is 1. The summed E-state index contributed by atoms with van der Waals surface area (Å²) in [4.78, 5) is 28.9. The third-order valence-electron chi connectivity index (χ3n) is 6.38. The minimum atomic E-state index is -0.650. The highest BCUT2D eigenvalue weighted by Gasteiger charge is 2.42. The van der Waals surface area contributed by atoms with Gasteiger partial charge in [0.25, 0.3) is 5.91 Å². The van der Waals surface area contributed by atoms with Gasteiger partial charge in [0.1, 0.15) is 17.1 Å². The van der Waals surface area contributed by atoms with E-state index in [2.05, 4.69) is 0 Å². The van der Waals surface area contributed by atoms with E-state index in [1.807, 2.05) is 44.2 Å². The predicted molar refractivity (Wildman–Crippen MR) is 128 cm³/mol. The number of hydrogen-bond acceptors (Lipinski definition) is 4. The van der Waals surface area contributed by atoms with Crippen LogP contribution >= 0.6 is 0 Å². The fourth-order valence-electron chi connectivity index (χ4n) is 4.74. The minimum Gasteiger partial charge on any atom is -0.497 e. The molecule has 0 saturated heterocycles. The van der Waals surface area contributed by atoms with E-state index in [9.17, 15) is 14.0 Å². The summed E-state index contributed by atoms with van der Waals surface area (Å²) in [5.41, 5.74) is 3.95. The minimum absolute atomic E-state index is 0.0634. The van der Waals surface area contributed by atoms with Crippen LogP contribution in [0.25, 0.3) is 11.0 Å². The summed E-state index contributed by atoms with van der Waals surface area (Å²) < 4.78 is 25.0. The Kier molecular flexibility index (Phi) is 5.44. The van der Waals surface area contributed by atoms with E-state index in [1.54, 1.807) is 30.2 Å². The summed E-state index contributed by atoms with van der Waals surface area (Å²) in [7, 11) is 1.61. The number of carbonyl (C=O) groups is 1. The molecule has 5 rings (SSSR count). The smallest absolute Gasteiger partial charge is 0.290 e. The first-order valence-electron chi connectivity index (χ1n) is 11.1. The lowest BCUT2D eigenvalue weighted by molar-refractivity contribution is 0.0730. The average molecular weight is 458 g/mol. The molecule has 1 amide bonds. The van der Waals surface area contributed by atoms with Crippen molar-refractivity contribution < 1.29 is 18.3 Å². The van der Waals surface area contributed by atoms with Crippen molar-refractivity contribution in [1.29, 1.82) is 0 Å². The number of amides is 1. The number of halogens is 1. The van der Waals surface area contributed by atoms with E-state index >= 15 is 0 Å². The third-order valence-corrected chi connectivity index (χ3v) is 6.38. The maximum absolute atomic E-state index is 13.7. The molecule has 6 heteroatoms. The summed E-state index contributed by atoms with van der Waals surface area (Å²) >= 11 is 0. The Morgan fingerprint density at radius 3 is 2.38 bits per heavy atom. The zero-order valence-corrected chi connectivity index (χ0v) is 19.2. The van der Waals surface area contributed by atoms with Gasteiger partial charge in [-0.1, -0.05) is 30.3 Å². The second-order valence-corrected chi connectivity index (χ2v) is 8.68. The standard InChI is InChI=1S/C28H24FNO4/c1-16-14-17(2)26-22(15-16)25(31)23-24(19-6-8-20(29)9-7-19)30(28(32)27(23)34-26)13-12-18-4-10-21(33-3)11-5-18/h4-11,14-15,24H,12-13H2,1-3H3. The van der Waals surface area contributed by atoms with Crippen LogP contribution in [0.15, 0.2) is 69.9 Å². The number of fused-ring (bicyclic) bond motifs is 2. The molecule has 2 heterocycles. The zero-order chi connectivity index (χ0) is 24.0. The van der Waals surface area contributed by atoms with Crippen LogP contribution in [-0.2, 0) is 6.42 Å². The molecule has 1 atom stereocenters. The Hall–Kier alpha value is -3.93. The van der Waals surface area contributed by atoms with Gasteiger partial charge in [-0.25, -0.2) is 4.39 Å². The Morgan fingerprint density at radius 2 is 1.71 bits per heavy atom. The van der Waals surface area contributed by atoms with Gasteiger partial charge >= 0.3 is 0 Å². The molecule has 0 aliphatic carbocycles. The predicted octanol–water partition coefficient (Wildman–Crippen LogP) is 5.35. The lowest BCUT2D eigenvalue weighted by Crippen LogP contribution is -2.31. The molecule has 0 radical (unpaired) electrons. The van der Waals surface area contributed by atoms with Crippen LogP contribution in [0.2, 0.25) is 0 Å². The topological polar surface area (TPSA) is 59.8 Å². The van der Waals surface area contributed by atoms with Gasteiger partial charge in [-0.05, 0) is 72.9 Å². The number of hydrogen-bond donors (Lipinski definition) is 0. The molecule has 0 fully saturated rings. The second kappa shape index (κ2) is 8.45. The molecule has 3 aromatic carbocycles.